The molecule has 9 atom stereocenters. The van der Waals surface area contributed by atoms with Crippen LogP contribution in [0.25, 0.3) is 0 Å². The number of nitrogens with zero attached hydrogens (tertiary/aromatic N) is 1. The van der Waals surface area contributed by atoms with Crippen molar-refractivity contribution in [3.05, 3.63) is 46.0 Å². The maximum absolute atomic E-state index is 14.3. The van der Waals surface area contributed by atoms with E-state index in [9.17, 15) is 24.3 Å². The lowest BCUT2D eigenvalue weighted by molar-refractivity contribution is -0.236. The number of ketones is 1. The highest BCUT2D eigenvalue weighted by Crippen LogP contribution is 2.77. The molecule has 8 nitrogen and oxygen atoms in total. The van der Waals surface area contributed by atoms with Crippen LogP contribution in [0.4, 0.5) is 0 Å². The van der Waals surface area contributed by atoms with Crippen LogP contribution in [0.15, 0.2) is 35.4 Å². The summed E-state index contributed by atoms with van der Waals surface area (Å²) >= 11 is 6.18. The standard InChI is InChI=1S/C46H64ClNO7/c1-27(2)38-31(49)22-46(35-25-48(26-37(51)55-35)24-28-10-12-29(47)13-11-28)21-20-44(8)30(39(38)46)14-15-33-43(7)18-17-34(54-36(50)23-41(3,4)40(52)53)42(5,6)32(43)16-19-45(33,44)9/h10-13,27,30,32-35H,14-26H2,1-9H3,(H,52,53)/t30-,32+,33-,34+,35+,43+,44-,45-,46+/m1/s1. The molecule has 4 saturated carbocycles. The molecule has 1 heterocycles. The molecule has 302 valence electrons. The highest BCUT2D eigenvalue weighted by Gasteiger charge is 2.71. The predicted octanol–water partition coefficient (Wildman–Crippen LogP) is 9.46. The van der Waals surface area contributed by atoms with Crippen molar-refractivity contribution in [1.29, 1.82) is 0 Å². The van der Waals surface area contributed by atoms with E-state index < -0.39 is 22.8 Å². The van der Waals surface area contributed by atoms with E-state index in [0.29, 0.717) is 36.4 Å². The molecule has 1 aromatic carbocycles. The number of hydrogen-bond donors (Lipinski definition) is 1. The number of morpholine rings is 1. The summed E-state index contributed by atoms with van der Waals surface area (Å²) in [6.45, 7) is 21.1. The molecule has 1 aliphatic heterocycles. The van der Waals surface area contributed by atoms with Crippen LogP contribution < -0.4 is 0 Å². The molecule has 1 N–H and O–H groups in total. The highest BCUT2D eigenvalue weighted by atomic mass is 35.5. The highest BCUT2D eigenvalue weighted by molar-refractivity contribution is 6.30. The Hall–Kier alpha value is -2.71. The quantitative estimate of drug-likeness (QED) is 0.260. The van der Waals surface area contributed by atoms with Crippen LogP contribution in [0.1, 0.15) is 132 Å². The molecule has 1 saturated heterocycles. The van der Waals surface area contributed by atoms with Gasteiger partial charge in [-0.1, -0.05) is 72.2 Å². The molecule has 0 bridgehead atoms. The molecule has 0 spiro atoms. The number of benzene rings is 1. The van der Waals surface area contributed by atoms with Gasteiger partial charge in [0.25, 0.3) is 0 Å². The zero-order chi connectivity index (χ0) is 40.1. The number of hydrogen-bond acceptors (Lipinski definition) is 7. The van der Waals surface area contributed by atoms with E-state index in [4.69, 9.17) is 21.1 Å². The van der Waals surface area contributed by atoms with Crippen LogP contribution in [-0.4, -0.2) is 59.0 Å². The lowest BCUT2D eigenvalue weighted by atomic mass is 9.33. The van der Waals surface area contributed by atoms with Gasteiger partial charge in [0.15, 0.2) is 5.78 Å². The van der Waals surface area contributed by atoms with E-state index in [0.717, 1.165) is 62.5 Å². The van der Waals surface area contributed by atoms with Gasteiger partial charge in [0.1, 0.15) is 12.2 Å². The van der Waals surface area contributed by atoms with E-state index >= 15 is 0 Å². The Morgan fingerprint density at radius 2 is 1.64 bits per heavy atom. The third-order valence-corrected chi connectivity index (χ3v) is 17.1. The fourth-order valence-electron chi connectivity index (χ4n) is 13.9. The Balaban J connectivity index is 1.18. The summed E-state index contributed by atoms with van der Waals surface area (Å²) in [6.07, 6.45) is 7.40. The van der Waals surface area contributed by atoms with E-state index in [2.05, 4.69) is 53.4 Å². The van der Waals surface area contributed by atoms with Gasteiger partial charge in [0, 0.05) is 35.4 Å². The molecule has 1 aromatic rings. The number of allylic oxidation sites excluding steroid dienone is 1. The monoisotopic (exact) mass is 777 g/mol. The van der Waals surface area contributed by atoms with Crippen LogP contribution in [0.2, 0.25) is 5.02 Å². The van der Waals surface area contributed by atoms with Crippen molar-refractivity contribution in [3.8, 4) is 0 Å². The first kappa shape index (κ1) is 40.5. The zero-order valence-electron chi connectivity index (χ0n) is 34.7. The summed E-state index contributed by atoms with van der Waals surface area (Å²) in [7, 11) is 0. The fraction of sp³-hybridized carbons (Fsp3) is 0.739. The van der Waals surface area contributed by atoms with E-state index in [-0.39, 0.29) is 70.4 Å². The molecule has 9 heteroatoms. The van der Waals surface area contributed by atoms with E-state index in [1.54, 1.807) is 13.8 Å². The minimum Gasteiger partial charge on any atom is -0.481 e. The van der Waals surface area contributed by atoms with Gasteiger partial charge in [0.05, 0.1) is 18.4 Å². The van der Waals surface area contributed by atoms with Crippen LogP contribution in [-0.2, 0) is 35.2 Å². The number of esters is 2. The van der Waals surface area contributed by atoms with Gasteiger partial charge in [-0.3, -0.25) is 24.1 Å². The average Bonchev–Trinajstić information content (AvgIpc) is 3.40. The van der Waals surface area contributed by atoms with Gasteiger partial charge >= 0.3 is 17.9 Å². The van der Waals surface area contributed by atoms with Gasteiger partial charge < -0.3 is 14.6 Å². The second-order valence-corrected chi connectivity index (χ2v) is 21.3. The first-order chi connectivity index (χ1) is 25.6. The molecule has 0 amide bonds. The maximum atomic E-state index is 14.3. The Kier molecular flexibility index (Phi) is 10.1. The molecule has 55 heavy (non-hydrogen) atoms. The predicted molar refractivity (Wildman–Crippen MR) is 212 cm³/mol. The Bertz CT molecular complexity index is 1780. The van der Waals surface area contributed by atoms with Gasteiger partial charge in [0.2, 0.25) is 0 Å². The lowest BCUT2D eigenvalue weighted by Crippen LogP contribution is -2.66. The summed E-state index contributed by atoms with van der Waals surface area (Å²) in [6, 6.07) is 7.81. The topological polar surface area (TPSA) is 110 Å². The largest absolute Gasteiger partial charge is 0.481 e. The van der Waals surface area contributed by atoms with Crippen LogP contribution in [0.5, 0.6) is 0 Å². The van der Waals surface area contributed by atoms with Crippen molar-refractivity contribution in [2.45, 2.75) is 145 Å². The third-order valence-electron chi connectivity index (χ3n) is 16.8. The molecule has 5 aliphatic carbocycles. The summed E-state index contributed by atoms with van der Waals surface area (Å²) in [4.78, 5) is 54.8. The maximum Gasteiger partial charge on any atom is 0.320 e. The molecule has 0 radical (unpaired) electrons. The van der Waals surface area contributed by atoms with Gasteiger partial charge in [-0.25, -0.2) is 0 Å². The zero-order valence-corrected chi connectivity index (χ0v) is 35.4. The summed E-state index contributed by atoms with van der Waals surface area (Å²) < 4.78 is 12.6. The smallest absolute Gasteiger partial charge is 0.320 e. The van der Waals surface area contributed by atoms with Gasteiger partial charge in [-0.15, -0.1) is 0 Å². The second-order valence-electron chi connectivity index (χ2n) is 20.8. The number of carbonyl (C=O) groups excluding carboxylic acids is 3. The minimum atomic E-state index is -1.17. The number of carboxylic acids is 1. The number of halogens is 1. The first-order valence-electron chi connectivity index (χ1n) is 21.0. The average molecular weight is 778 g/mol. The van der Waals surface area contributed by atoms with Gasteiger partial charge in [-0.2, -0.15) is 0 Å². The molecule has 5 fully saturated rings. The van der Waals surface area contributed by atoms with Crippen LogP contribution in [0, 0.1) is 56.2 Å². The molecular formula is C46H64ClNO7. The number of carbonyl (C=O) groups is 4. The summed E-state index contributed by atoms with van der Waals surface area (Å²) in [5.41, 5.74) is 1.53. The normalized spacial score (nSPS) is 38.8. The lowest BCUT2D eigenvalue weighted by Gasteiger charge is -2.72. The molecule has 6 aliphatic rings. The van der Waals surface area contributed by atoms with Crippen molar-refractivity contribution in [1.82, 2.24) is 4.90 Å². The number of cyclic esters (lactones) is 1. The van der Waals surface area contributed by atoms with Crippen molar-refractivity contribution >= 4 is 35.3 Å². The minimum absolute atomic E-state index is 0.0308. The summed E-state index contributed by atoms with van der Waals surface area (Å²) in [5, 5.41) is 10.3. The first-order valence-corrected chi connectivity index (χ1v) is 21.3. The molecule has 0 unspecified atom stereocenters. The van der Waals surface area contributed by atoms with Crippen molar-refractivity contribution in [3.63, 3.8) is 0 Å². The number of Topliss-reactive ketones (excluding diaryl/α,β-unsaturated/α-hetero) is 1. The van der Waals surface area contributed by atoms with E-state index in [1.165, 1.54) is 5.57 Å². The third kappa shape index (κ3) is 6.33. The number of ether oxygens (including phenoxy) is 2. The van der Waals surface area contributed by atoms with Crippen LogP contribution >= 0.6 is 11.6 Å². The molecular weight excluding hydrogens is 714 g/mol. The number of carboxylic acid groups (broad SMARTS) is 1. The Morgan fingerprint density at radius 1 is 0.945 bits per heavy atom. The van der Waals surface area contributed by atoms with Crippen LogP contribution in [0.3, 0.4) is 0 Å². The molecule has 0 aromatic heterocycles. The number of aliphatic carboxylic acids is 1. The Morgan fingerprint density at radius 3 is 2.29 bits per heavy atom. The number of rotatable bonds is 8. The molecule has 7 rings (SSSR count). The van der Waals surface area contributed by atoms with E-state index in [1.807, 2.05) is 24.3 Å². The second kappa shape index (κ2) is 13.7. The summed E-state index contributed by atoms with van der Waals surface area (Å²) in [5.74, 6) is -0.244. The Labute approximate surface area is 333 Å². The van der Waals surface area contributed by atoms with Crippen molar-refractivity contribution < 1.29 is 33.8 Å². The van der Waals surface area contributed by atoms with Crippen molar-refractivity contribution in [2.75, 3.05) is 13.1 Å². The fourth-order valence-corrected chi connectivity index (χ4v) is 14.0. The van der Waals surface area contributed by atoms with Crippen molar-refractivity contribution in [2.24, 2.45) is 56.2 Å². The SMILES string of the molecule is CC(C)C1=C2[C@H]3CC[C@@H]4[C@@]5(C)CC[C@H](OC(=O)CC(C)(C)C(=O)O)C(C)(C)[C@@H]5CC[C@@]4(C)[C@]3(C)CC[C@@]2([C@@H]2CN(Cc3ccc(Cl)cc3)CC(=O)O2)CC1=O. The van der Waals surface area contributed by atoms with Gasteiger partial charge in [-0.05, 0) is 134 Å². The number of fused-ring (bicyclic) bond motifs is 7.